The maximum absolute atomic E-state index is 13.5. The molecule has 30 heavy (non-hydrogen) atoms. The highest BCUT2D eigenvalue weighted by Crippen LogP contribution is 2.33. The molecular weight excluding hydrogens is 394 g/mol. The number of thiazole rings is 1. The number of aryl methyl sites for hydroxylation is 2. The lowest BCUT2D eigenvalue weighted by molar-refractivity contribution is 0.0981. The highest BCUT2D eigenvalue weighted by atomic mass is 32.1. The van der Waals surface area contributed by atoms with Crippen molar-refractivity contribution in [3.63, 3.8) is 0 Å². The van der Waals surface area contributed by atoms with E-state index in [1.165, 1.54) is 18.3 Å². The van der Waals surface area contributed by atoms with Crippen molar-refractivity contribution < 1.29 is 9.59 Å². The monoisotopic (exact) mass is 415 g/mol. The molecule has 4 aromatic rings. The Hall–Kier alpha value is -3.38. The first kappa shape index (κ1) is 19.9. The molecule has 2 aromatic carbocycles. The number of carbonyl (C=O) groups is 2. The summed E-state index contributed by atoms with van der Waals surface area (Å²) in [5, 5.41) is 0.649. The van der Waals surface area contributed by atoms with E-state index in [2.05, 4.69) is 18.0 Å². The van der Waals surface area contributed by atoms with Crippen molar-refractivity contribution in [1.29, 1.82) is 0 Å². The lowest BCUT2D eigenvalue weighted by atomic mass is 10.1. The standard InChI is InChI=1S/C24H21N3O2S/c1-15-12-16(2)22-21(13-15)26-24(30-22)27(14-18-8-10-25-11-9-18)23(29)20-6-4-19(5-7-20)17(3)28/h4-13H,14H2,1-3H3. The van der Waals surface area contributed by atoms with E-state index in [1.807, 2.05) is 25.1 Å². The van der Waals surface area contributed by atoms with Crippen molar-refractivity contribution in [1.82, 2.24) is 9.97 Å². The van der Waals surface area contributed by atoms with E-state index in [-0.39, 0.29) is 11.7 Å². The molecule has 0 bridgehead atoms. The Morgan fingerprint density at radius 2 is 1.63 bits per heavy atom. The Labute approximate surface area is 179 Å². The van der Waals surface area contributed by atoms with Crippen molar-refractivity contribution >= 4 is 38.4 Å². The smallest absolute Gasteiger partial charge is 0.260 e. The molecule has 150 valence electrons. The van der Waals surface area contributed by atoms with Crippen LogP contribution in [0.1, 0.15) is 44.3 Å². The van der Waals surface area contributed by atoms with Crippen LogP contribution in [0.5, 0.6) is 0 Å². The predicted molar refractivity (Wildman–Crippen MR) is 120 cm³/mol. The number of Topliss-reactive ketones (excluding diaryl/α,β-unsaturated/α-hetero) is 1. The Kier molecular flexibility index (Phi) is 5.42. The fraction of sp³-hybridized carbons (Fsp3) is 0.167. The first-order valence-corrected chi connectivity index (χ1v) is 10.4. The summed E-state index contributed by atoms with van der Waals surface area (Å²) >= 11 is 1.52. The van der Waals surface area contributed by atoms with E-state index < -0.39 is 0 Å². The molecule has 5 nitrogen and oxygen atoms in total. The van der Waals surface area contributed by atoms with Gasteiger partial charge in [0.05, 0.1) is 16.8 Å². The van der Waals surface area contributed by atoms with Gasteiger partial charge in [0.25, 0.3) is 5.91 Å². The molecule has 0 saturated heterocycles. The summed E-state index contributed by atoms with van der Waals surface area (Å²) in [4.78, 5) is 35.6. The number of hydrogen-bond donors (Lipinski definition) is 0. The normalized spacial score (nSPS) is 10.9. The molecule has 0 spiro atoms. The minimum atomic E-state index is -0.157. The number of carbonyl (C=O) groups excluding carboxylic acids is 2. The van der Waals surface area contributed by atoms with Crippen molar-refractivity contribution in [2.24, 2.45) is 0 Å². The fourth-order valence-electron chi connectivity index (χ4n) is 3.38. The summed E-state index contributed by atoms with van der Waals surface area (Å²) in [5.41, 5.74) is 5.25. The van der Waals surface area contributed by atoms with E-state index in [0.717, 1.165) is 26.9 Å². The maximum atomic E-state index is 13.5. The molecule has 2 heterocycles. The summed E-state index contributed by atoms with van der Waals surface area (Å²) < 4.78 is 1.08. The number of nitrogens with zero attached hydrogens (tertiary/aromatic N) is 3. The number of amides is 1. The summed E-state index contributed by atoms with van der Waals surface area (Å²) in [6, 6.07) is 14.7. The molecule has 6 heteroatoms. The van der Waals surface area contributed by atoms with E-state index >= 15 is 0 Å². The molecule has 4 rings (SSSR count). The first-order valence-electron chi connectivity index (χ1n) is 9.62. The van der Waals surface area contributed by atoms with Crippen LogP contribution in [0, 0.1) is 13.8 Å². The van der Waals surface area contributed by atoms with E-state index in [1.54, 1.807) is 41.6 Å². The average molecular weight is 416 g/mol. The van der Waals surface area contributed by atoms with Gasteiger partial charge in [0, 0.05) is 23.5 Å². The second-order valence-corrected chi connectivity index (χ2v) is 8.28. The van der Waals surface area contributed by atoms with Gasteiger partial charge in [0.2, 0.25) is 0 Å². The van der Waals surface area contributed by atoms with Crippen LogP contribution in [0.4, 0.5) is 5.13 Å². The third kappa shape index (κ3) is 4.00. The number of fused-ring (bicyclic) bond motifs is 1. The summed E-state index contributed by atoms with van der Waals surface area (Å²) in [6.45, 7) is 6.00. The van der Waals surface area contributed by atoms with Gasteiger partial charge in [-0.25, -0.2) is 4.98 Å². The van der Waals surface area contributed by atoms with Gasteiger partial charge in [-0.2, -0.15) is 0 Å². The van der Waals surface area contributed by atoms with Crippen molar-refractivity contribution in [3.05, 3.63) is 88.7 Å². The van der Waals surface area contributed by atoms with Gasteiger partial charge in [-0.1, -0.05) is 29.5 Å². The van der Waals surface area contributed by atoms with E-state index in [0.29, 0.717) is 22.8 Å². The van der Waals surface area contributed by atoms with Gasteiger partial charge in [-0.05, 0) is 67.8 Å². The van der Waals surface area contributed by atoms with Crippen LogP contribution in [-0.2, 0) is 6.54 Å². The molecule has 2 aromatic heterocycles. The largest absolute Gasteiger partial charge is 0.295 e. The third-order valence-electron chi connectivity index (χ3n) is 4.91. The molecule has 1 amide bonds. The van der Waals surface area contributed by atoms with Crippen molar-refractivity contribution in [2.75, 3.05) is 4.90 Å². The molecule has 0 atom stereocenters. The van der Waals surface area contributed by atoms with Gasteiger partial charge in [-0.15, -0.1) is 0 Å². The second kappa shape index (κ2) is 8.16. The van der Waals surface area contributed by atoms with Crippen molar-refractivity contribution in [3.8, 4) is 0 Å². The number of aromatic nitrogens is 2. The van der Waals surface area contributed by atoms with E-state index in [9.17, 15) is 9.59 Å². The molecule has 0 unspecified atom stereocenters. The molecule has 0 N–H and O–H groups in total. The highest BCUT2D eigenvalue weighted by Gasteiger charge is 2.22. The number of benzene rings is 2. The van der Waals surface area contributed by atoms with Gasteiger partial charge >= 0.3 is 0 Å². The van der Waals surface area contributed by atoms with Crippen LogP contribution in [-0.4, -0.2) is 21.7 Å². The second-order valence-electron chi connectivity index (χ2n) is 7.31. The first-order chi connectivity index (χ1) is 14.4. The molecule has 0 aliphatic heterocycles. The molecular formula is C24H21N3O2S. The molecule has 0 radical (unpaired) electrons. The number of ketones is 1. The third-order valence-corrected chi connectivity index (χ3v) is 6.14. The van der Waals surface area contributed by atoms with Crippen LogP contribution < -0.4 is 4.90 Å². The lowest BCUT2D eigenvalue weighted by Crippen LogP contribution is -2.30. The number of hydrogen-bond acceptors (Lipinski definition) is 5. The molecule has 0 aliphatic rings. The summed E-state index contributed by atoms with van der Waals surface area (Å²) in [5.74, 6) is -0.185. The molecule has 0 aliphatic carbocycles. The van der Waals surface area contributed by atoms with Crippen LogP contribution in [0.25, 0.3) is 10.2 Å². The Morgan fingerprint density at radius 1 is 0.967 bits per heavy atom. The minimum Gasteiger partial charge on any atom is -0.295 e. The fourth-order valence-corrected chi connectivity index (χ4v) is 4.39. The van der Waals surface area contributed by atoms with Crippen LogP contribution in [0.3, 0.4) is 0 Å². The molecule has 0 fully saturated rings. The summed E-state index contributed by atoms with van der Waals surface area (Å²) in [7, 11) is 0. The lowest BCUT2D eigenvalue weighted by Gasteiger charge is -2.20. The predicted octanol–water partition coefficient (Wildman–Crippen LogP) is 5.36. The Bertz CT molecular complexity index is 1230. The van der Waals surface area contributed by atoms with Crippen LogP contribution in [0.15, 0.2) is 60.9 Å². The van der Waals surface area contributed by atoms with Crippen LogP contribution >= 0.6 is 11.3 Å². The topological polar surface area (TPSA) is 63.2 Å². The Morgan fingerprint density at radius 3 is 2.30 bits per heavy atom. The number of rotatable bonds is 5. The number of pyridine rings is 1. The quantitative estimate of drug-likeness (QED) is 0.412. The zero-order chi connectivity index (χ0) is 21.3. The average Bonchev–Trinajstić information content (AvgIpc) is 3.16. The maximum Gasteiger partial charge on any atom is 0.260 e. The van der Waals surface area contributed by atoms with Gasteiger partial charge in [0.15, 0.2) is 10.9 Å². The van der Waals surface area contributed by atoms with Crippen LogP contribution in [0.2, 0.25) is 0 Å². The number of anilines is 1. The van der Waals surface area contributed by atoms with Gasteiger partial charge < -0.3 is 0 Å². The van der Waals surface area contributed by atoms with Gasteiger partial charge in [0.1, 0.15) is 0 Å². The zero-order valence-corrected chi connectivity index (χ0v) is 17.9. The summed E-state index contributed by atoms with van der Waals surface area (Å²) in [6.07, 6.45) is 3.43. The molecule has 0 saturated carbocycles. The van der Waals surface area contributed by atoms with E-state index in [4.69, 9.17) is 4.98 Å². The van der Waals surface area contributed by atoms with Gasteiger partial charge in [-0.3, -0.25) is 19.5 Å². The Balaban J connectivity index is 1.77. The van der Waals surface area contributed by atoms with Crippen molar-refractivity contribution in [2.45, 2.75) is 27.3 Å². The minimum absolute atomic E-state index is 0.0281. The highest BCUT2D eigenvalue weighted by molar-refractivity contribution is 7.22. The SMILES string of the molecule is CC(=O)c1ccc(C(=O)N(Cc2ccncc2)c2nc3cc(C)cc(C)c3s2)cc1. The zero-order valence-electron chi connectivity index (χ0n) is 17.0.